The Labute approximate surface area is 508 Å². The normalized spacial score (nSPS) is 12.5. The van der Waals surface area contributed by atoms with Crippen LogP contribution in [0.1, 0.15) is 431 Å². The minimum atomic E-state index is -0.663. The maximum atomic E-state index is 12.5. The average Bonchev–Trinajstić information content (AvgIpc) is 3.47. The fourth-order valence-electron chi connectivity index (χ4n) is 12.1. The molecular formula is C75H147NO5. The van der Waals surface area contributed by atoms with Gasteiger partial charge in [-0.05, 0) is 51.4 Å². The van der Waals surface area contributed by atoms with Gasteiger partial charge in [-0.25, -0.2) is 0 Å². The predicted octanol–water partition coefficient (Wildman–Crippen LogP) is 24.3. The number of aliphatic hydroxyl groups is 2. The first-order chi connectivity index (χ1) is 40.0. The van der Waals surface area contributed by atoms with Gasteiger partial charge in [-0.3, -0.25) is 9.59 Å². The molecule has 1 amide bonds. The first-order valence-corrected chi connectivity index (χ1v) is 37.4. The molecule has 0 fully saturated rings. The molecule has 0 aromatic heterocycles. The number of aliphatic hydroxyl groups excluding tert-OH is 2. The van der Waals surface area contributed by atoms with Crippen molar-refractivity contribution in [3.8, 4) is 0 Å². The first kappa shape index (κ1) is 79.6. The highest BCUT2D eigenvalue weighted by Crippen LogP contribution is 2.20. The van der Waals surface area contributed by atoms with Crippen molar-refractivity contribution in [1.82, 2.24) is 5.32 Å². The molecule has 0 bridgehead atoms. The van der Waals surface area contributed by atoms with Gasteiger partial charge in [0.2, 0.25) is 5.91 Å². The van der Waals surface area contributed by atoms with Crippen molar-refractivity contribution in [3.63, 3.8) is 0 Å². The lowest BCUT2D eigenvalue weighted by atomic mass is 10.0. The minimum absolute atomic E-state index is 0.0227. The largest absolute Gasteiger partial charge is 0.466 e. The highest BCUT2D eigenvalue weighted by Gasteiger charge is 2.20. The van der Waals surface area contributed by atoms with Gasteiger partial charge in [0.1, 0.15) is 0 Å². The molecule has 0 saturated carbocycles. The Balaban J connectivity index is 3.34. The number of carbonyl (C=O) groups is 2. The van der Waals surface area contributed by atoms with E-state index in [9.17, 15) is 19.8 Å². The van der Waals surface area contributed by atoms with Crippen LogP contribution in [0.5, 0.6) is 0 Å². The molecule has 6 nitrogen and oxygen atoms in total. The predicted molar refractivity (Wildman–Crippen MR) is 357 cm³/mol. The van der Waals surface area contributed by atoms with Crippen molar-refractivity contribution in [3.05, 3.63) is 12.2 Å². The van der Waals surface area contributed by atoms with Crippen molar-refractivity contribution in [2.24, 2.45) is 0 Å². The molecule has 3 N–H and O–H groups in total. The number of hydrogen-bond donors (Lipinski definition) is 3. The topological polar surface area (TPSA) is 95.9 Å². The van der Waals surface area contributed by atoms with Gasteiger partial charge in [-0.15, -0.1) is 0 Å². The smallest absolute Gasteiger partial charge is 0.305 e. The molecule has 0 heterocycles. The van der Waals surface area contributed by atoms with E-state index < -0.39 is 12.1 Å². The Morgan fingerprint density at radius 2 is 0.580 bits per heavy atom. The van der Waals surface area contributed by atoms with Crippen LogP contribution in [0.25, 0.3) is 0 Å². The number of carbonyl (C=O) groups excluding carboxylic acids is 2. The highest BCUT2D eigenvalue weighted by atomic mass is 16.5. The van der Waals surface area contributed by atoms with Crippen LogP contribution in [0.3, 0.4) is 0 Å². The second-order valence-electron chi connectivity index (χ2n) is 26.0. The Morgan fingerprint density at radius 1 is 0.333 bits per heavy atom. The van der Waals surface area contributed by atoms with Crippen molar-refractivity contribution in [1.29, 1.82) is 0 Å². The van der Waals surface area contributed by atoms with E-state index in [1.165, 1.54) is 360 Å². The zero-order valence-corrected chi connectivity index (χ0v) is 55.3. The molecule has 0 aromatic carbocycles. The number of hydrogen-bond acceptors (Lipinski definition) is 5. The van der Waals surface area contributed by atoms with E-state index in [2.05, 4.69) is 31.3 Å². The second-order valence-corrected chi connectivity index (χ2v) is 26.0. The van der Waals surface area contributed by atoms with Gasteiger partial charge >= 0.3 is 5.97 Å². The standard InChI is InChI=1S/C75H147NO5/c1-3-5-7-9-11-13-15-17-19-21-37-41-45-49-53-57-61-65-69-75(80)81-70-66-62-58-54-50-46-42-38-35-33-31-29-27-25-23-22-24-26-28-30-32-34-36-40-44-48-52-56-60-64-68-74(79)76-72(71-77)73(78)67-63-59-55-51-47-43-39-20-18-16-14-12-10-8-6-4-2/h23,25,72-73,77-78H,3-22,24,26-71H2,1-2H3,(H,76,79)/b25-23-. The average molecular weight is 1140 g/mol. The molecule has 0 radical (unpaired) electrons. The van der Waals surface area contributed by atoms with Crippen molar-refractivity contribution >= 4 is 11.9 Å². The zero-order valence-electron chi connectivity index (χ0n) is 55.3. The molecule has 0 aliphatic rings. The molecule has 81 heavy (non-hydrogen) atoms. The lowest BCUT2D eigenvalue weighted by molar-refractivity contribution is -0.143. The third-order valence-electron chi connectivity index (χ3n) is 17.8. The Hall–Kier alpha value is -1.40. The summed E-state index contributed by atoms with van der Waals surface area (Å²) < 4.78 is 5.51. The van der Waals surface area contributed by atoms with Gasteiger partial charge in [0, 0.05) is 12.8 Å². The van der Waals surface area contributed by atoms with E-state index in [1.54, 1.807) is 0 Å². The van der Waals surface area contributed by atoms with Gasteiger partial charge in [-0.2, -0.15) is 0 Å². The van der Waals surface area contributed by atoms with E-state index in [0.29, 0.717) is 25.9 Å². The number of ether oxygens (including phenoxy) is 1. The summed E-state index contributed by atoms with van der Waals surface area (Å²) in [6.45, 7) is 5.01. The van der Waals surface area contributed by atoms with Gasteiger partial charge in [0.05, 0.1) is 25.4 Å². The number of amides is 1. The van der Waals surface area contributed by atoms with Gasteiger partial charge in [-0.1, -0.05) is 379 Å². The molecule has 0 spiro atoms. The summed E-state index contributed by atoms with van der Waals surface area (Å²) in [7, 11) is 0. The van der Waals surface area contributed by atoms with E-state index in [4.69, 9.17) is 4.74 Å². The summed E-state index contributed by atoms with van der Waals surface area (Å²) in [5, 5.41) is 23.4. The summed E-state index contributed by atoms with van der Waals surface area (Å²) in [4.78, 5) is 24.6. The molecule has 0 aliphatic carbocycles. The zero-order chi connectivity index (χ0) is 58.5. The molecule has 482 valence electrons. The van der Waals surface area contributed by atoms with Crippen molar-refractivity contribution in [2.45, 2.75) is 443 Å². The Kier molecular flexibility index (Phi) is 69.9. The van der Waals surface area contributed by atoms with E-state index in [1.807, 2.05) is 0 Å². The number of esters is 1. The molecule has 6 heteroatoms. The SMILES string of the molecule is CCCCCCCCCCCCCCCCCCCCC(=O)OCCCCCCCCCCCCCC/C=C\CCCCCCCCCCCCCCCCC(=O)NC(CO)C(O)CCCCCCCCCCCCCCCCCC. The van der Waals surface area contributed by atoms with E-state index in [-0.39, 0.29) is 18.5 Å². The minimum Gasteiger partial charge on any atom is -0.466 e. The Morgan fingerprint density at radius 3 is 0.877 bits per heavy atom. The van der Waals surface area contributed by atoms with Crippen LogP contribution in [0.2, 0.25) is 0 Å². The monoisotopic (exact) mass is 1140 g/mol. The molecule has 0 rings (SSSR count). The van der Waals surface area contributed by atoms with Crippen LogP contribution in [0.15, 0.2) is 12.2 Å². The molecule has 2 unspecified atom stereocenters. The quantitative estimate of drug-likeness (QED) is 0.0320. The van der Waals surface area contributed by atoms with Crippen LogP contribution in [0, 0.1) is 0 Å². The molecule has 0 saturated heterocycles. The van der Waals surface area contributed by atoms with Gasteiger partial charge in [0.15, 0.2) is 0 Å². The lowest BCUT2D eigenvalue weighted by Gasteiger charge is -2.22. The fourth-order valence-corrected chi connectivity index (χ4v) is 12.1. The van der Waals surface area contributed by atoms with Gasteiger partial charge < -0.3 is 20.3 Å². The maximum Gasteiger partial charge on any atom is 0.305 e. The maximum absolute atomic E-state index is 12.5. The first-order valence-electron chi connectivity index (χ1n) is 37.4. The summed E-state index contributed by atoms with van der Waals surface area (Å²) in [6.07, 6.45) is 88.5. The van der Waals surface area contributed by atoms with Crippen molar-refractivity contribution < 1.29 is 24.5 Å². The highest BCUT2D eigenvalue weighted by molar-refractivity contribution is 5.76. The molecule has 2 atom stereocenters. The number of rotatable bonds is 71. The van der Waals surface area contributed by atoms with Gasteiger partial charge in [0.25, 0.3) is 0 Å². The summed E-state index contributed by atoms with van der Waals surface area (Å²) in [5.74, 6) is -0.00684. The number of nitrogens with one attached hydrogen (secondary N) is 1. The number of allylic oxidation sites excluding steroid dienone is 2. The fraction of sp³-hybridized carbons (Fsp3) is 0.947. The third-order valence-corrected chi connectivity index (χ3v) is 17.8. The van der Waals surface area contributed by atoms with Crippen LogP contribution in [-0.4, -0.2) is 47.4 Å². The molecule has 0 aliphatic heterocycles. The van der Waals surface area contributed by atoms with Crippen molar-refractivity contribution in [2.75, 3.05) is 13.2 Å². The summed E-state index contributed by atoms with van der Waals surface area (Å²) in [5.41, 5.74) is 0. The van der Waals surface area contributed by atoms with Crippen LogP contribution >= 0.6 is 0 Å². The van der Waals surface area contributed by atoms with E-state index >= 15 is 0 Å². The van der Waals surface area contributed by atoms with Crippen LogP contribution in [-0.2, 0) is 14.3 Å². The summed E-state index contributed by atoms with van der Waals surface area (Å²) in [6, 6.07) is -0.540. The van der Waals surface area contributed by atoms with Crippen LogP contribution < -0.4 is 5.32 Å². The Bertz CT molecular complexity index is 1220. The molecule has 0 aromatic rings. The number of unbranched alkanes of at least 4 members (excludes halogenated alkanes) is 58. The van der Waals surface area contributed by atoms with Crippen LogP contribution in [0.4, 0.5) is 0 Å². The lowest BCUT2D eigenvalue weighted by Crippen LogP contribution is -2.45. The van der Waals surface area contributed by atoms with E-state index in [0.717, 1.165) is 38.5 Å². The second kappa shape index (κ2) is 71.1. The molecular weight excluding hydrogens is 995 g/mol. The summed E-state index contributed by atoms with van der Waals surface area (Å²) >= 11 is 0. The third kappa shape index (κ3) is 67.6.